The number of para-hydroxylation sites is 1. The third-order valence-corrected chi connectivity index (χ3v) is 5.89. The molecule has 0 bridgehead atoms. The zero-order valence-electron chi connectivity index (χ0n) is 16.2. The minimum absolute atomic E-state index is 0.0890. The van der Waals surface area contributed by atoms with E-state index in [4.69, 9.17) is 4.98 Å². The van der Waals surface area contributed by atoms with Crippen molar-refractivity contribution in [3.8, 4) is 0 Å². The number of hydrogen-bond acceptors (Lipinski definition) is 4. The van der Waals surface area contributed by atoms with E-state index >= 15 is 0 Å². The number of nitrogens with zero attached hydrogens (tertiary/aromatic N) is 2. The molecule has 4 nitrogen and oxygen atoms in total. The number of aliphatic hydroxyl groups is 1. The van der Waals surface area contributed by atoms with Gasteiger partial charge in [0.15, 0.2) is 0 Å². The quantitative estimate of drug-likeness (QED) is 0.834. The summed E-state index contributed by atoms with van der Waals surface area (Å²) in [6.07, 6.45) is 6.57. The predicted octanol–water partition coefficient (Wildman–Crippen LogP) is 4.68. The Hall–Kier alpha value is -2.46. The molecule has 2 N–H and O–H groups in total. The number of nitrogens with one attached hydrogen (secondary N) is 1. The Bertz CT molecular complexity index is 955. The average molecular weight is 361 g/mol. The standard InChI is InChI=1S/C23H27N3O/c1-15-18(23(2,3)13-12-22(15)27)10-9-17-14-21(26-25-17)20-11-8-16-6-4-5-7-19(16)24-20/h4-11,21-22,26-27H,12-14H2,1-3H3/b10-9+. The summed E-state index contributed by atoms with van der Waals surface area (Å²) >= 11 is 0. The van der Waals surface area contributed by atoms with Crippen LogP contribution in [0, 0.1) is 5.41 Å². The van der Waals surface area contributed by atoms with Gasteiger partial charge in [0.25, 0.3) is 0 Å². The second-order valence-corrected chi connectivity index (χ2v) is 8.29. The van der Waals surface area contributed by atoms with E-state index in [2.05, 4.69) is 54.7 Å². The molecule has 2 unspecified atom stereocenters. The first-order chi connectivity index (χ1) is 12.9. The fourth-order valence-corrected chi connectivity index (χ4v) is 4.11. The van der Waals surface area contributed by atoms with Gasteiger partial charge in [-0.2, -0.15) is 5.10 Å². The molecule has 27 heavy (non-hydrogen) atoms. The van der Waals surface area contributed by atoms with Gasteiger partial charge >= 0.3 is 0 Å². The SMILES string of the molecule is CC1=C(/C=C/C2=NNC(c3ccc4ccccc4n3)C2)C(C)(C)CCC1O. The van der Waals surface area contributed by atoms with Gasteiger partial charge in [-0.25, -0.2) is 0 Å². The van der Waals surface area contributed by atoms with Crippen molar-refractivity contribution in [3.05, 3.63) is 65.4 Å². The van der Waals surface area contributed by atoms with Gasteiger partial charge in [-0.05, 0) is 54.5 Å². The molecule has 1 aliphatic heterocycles. The molecule has 2 aliphatic rings. The average Bonchev–Trinajstić information content (AvgIpc) is 3.13. The van der Waals surface area contributed by atoms with Crippen LogP contribution in [0.5, 0.6) is 0 Å². The van der Waals surface area contributed by atoms with E-state index in [1.807, 2.05) is 25.1 Å². The lowest BCUT2D eigenvalue weighted by atomic mass is 9.71. The molecule has 4 rings (SSSR count). The Balaban J connectivity index is 1.50. The summed E-state index contributed by atoms with van der Waals surface area (Å²) in [5, 5.41) is 15.9. The highest BCUT2D eigenvalue weighted by molar-refractivity contribution is 5.96. The second kappa shape index (κ2) is 6.93. The summed E-state index contributed by atoms with van der Waals surface area (Å²) in [6.45, 7) is 6.54. The van der Waals surface area contributed by atoms with Gasteiger partial charge in [-0.15, -0.1) is 0 Å². The third-order valence-electron chi connectivity index (χ3n) is 5.89. The second-order valence-electron chi connectivity index (χ2n) is 8.29. The summed E-state index contributed by atoms with van der Waals surface area (Å²) in [6, 6.07) is 12.5. The van der Waals surface area contributed by atoms with Gasteiger partial charge in [0.1, 0.15) is 0 Å². The topological polar surface area (TPSA) is 57.5 Å². The number of aromatic nitrogens is 1. The van der Waals surface area contributed by atoms with Crippen molar-refractivity contribution >= 4 is 16.6 Å². The van der Waals surface area contributed by atoms with Gasteiger partial charge in [-0.3, -0.25) is 4.98 Å². The Morgan fingerprint density at radius 3 is 2.81 bits per heavy atom. The van der Waals surface area contributed by atoms with Crippen LogP contribution in [0.25, 0.3) is 10.9 Å². The number of hydrogen-bond donors (Lipinski definition) is 2. The fraction of sp³-hybridized carbons (Fsp3) is 0.391. The molecular weight excluding hydrogens is 334 g/mol. The predicted molar refractivity (Wildman–Crippen MR) is 111 cm³/mol. The highest BCUT2D eigenvalue weighted by Gasteiger charge is 2.31. The maximum absolute atomic E-state index is 10.2. The van der Waals surface area contributed by atoms with Crippen LogP contribution >= 0.6 is 0 Å². The van der Waals surface area contributed by atoms with Crippen molar-refractivity contribution in [2.45, 2.75) is 52.2 Å². The molecule has 0 spiro atoms. The number of allylic oxidation sites excluding steroid dienone is 3. The first-order valence-corrected chi connectivity index (χ1v) is 9.69. The summed E-state index contributed by atoms with van der Waals surface area (Å²) in [5.74, 6) is 0. The number of pyridine rings is 1. The molecule has 2 atom stereocenters. The lowest BCUT2D eigenvalue weighted by molar-refractivity contribution is 0.163. The third kappa shape index (κ3) is 3.54. The van der Waals surface area contributed by atoms with Crippen molar-refractivity contribution in [1.29, 1.82) is 0 Å². The molecule has 1 aromatic heterocycles. The van der Waals surface area contributed by atoms with Crippen LogP contribution in [0.15, 0.2) is 64.8 Å². The van der Waals surface area contributed by atoms with Crippen LogP contribution in [-0.4, -0.2) is 21.9 Å². The van der Waals surface area contributed by atoms with E-state index in [9.17, 15) is 5.11 Å². The minimum atomic E-state index is -0.323. The van der Waals surface area contributed by atoms with Gasteiger partial charge in [0.05, 0.1) is 29.1 Å². The lowest BCUT2D eigenvalue weighted by Crippen LogP contribution is -2.27. The van der Waals surface area contributed by atoms with Gasteiger partial charge in [0.2, 0.25) is 0 Å². The minimum Gasteiger partial charge on any atom is -0.389 e. The zero-order valence-corrected chi connectivity index (χ0v) is 16.2. The van der Waals surface area contributed by atoms with E-state index in [1.54, 1.807) is 0 Å². The van der Waals surface area contributed by atoms with Crippen LogP contribution in [0.3, 0.4) is 0 Å². The zero-order chi connectivity index (χ0) is 19.0. The van der Waals surface area contributed by atoms with Crippen molar-refractivity contribution < 1.29 is 5.11 Å². The summed E-state index contributed by atoms with van der Waals surface area (Å²) in [5.41, 5.74) is 8.68. The first kappa shape index (κ1) is 17.9. The first-order valence-electron chi connectivity index (χ1n) is 9.69. The van der Waals surface area contributed by atoms with Crippen LogP contribution in [0.1, 0.15) is 51.8 Å². The molecule has 0 fully saturated rings. The van der Waals surface area contributed by atoms with Gasteiger partial charge in [0, 0.05) is 11.8 Å². The Labute approximate surface area is 160 Å². The van der Waals surface area contributed by atoms with Crippen molar-refractivity contribution in [2.75, 3.05) is 0 Å². The van der Waals surface area contributed by atoms with Crippen LogP contribution in [0.2, 0.25) is 0 Å². The number of hydrazone groups is 1. The molecule has 0 saturated carbocycles. The van der Waals surface area contributed by atoms with E-state index in [0.29, 0.717) is 0 Å². The maximum atomic E-state index is 10.2. The lowest BCUT2D eigenvalue weighted by Gasteiger charge is -2.35. The van der Waals surface area contributed by atoms with E-state index < -0.39 is 0 Å². The largest absolute Gasteiger partial charge is 0.389 e. The van der Waals surface area contributed by atoms with Crippen LogP contribution in [0.4, 0.5) is 0 Å². The summed E-state index contributed by atoms with van der Waals surface area (Å²) in [4.78, 5) is 4.78. The maximum Gasteiger partial charge on any atom is 0.0916 e. The molecule has 0 saturated heterocycles. The number of aliphatic hydroxyl groups excluding tert-OH is 1. The smallest absolute Gasteiger partial charge is 0.0916 e. The summed E-state index contributed by atoms with van der Waals surface area (Å²) in [7, 11) is 0. The van der Waals surface area contributed by atoms with Crippen molar-refractivity contribution in [2.24, 2.45) is 10.5 Å². The van der Waals surface area contributed by atoms with Crippen molar-refractivity contribution in [3.63, 3.8) is 0 Å². The van der Waals surface area contributed by atoms with Crippen LogP contribution in [-0.2, 0) is 0 Å². The van der Waals surface area contributed by atoms with E-state index in [0.717, 1.165) is 47.1 Å². The van der Waals surface area contributed by atoms with E-state index in [1.165, 1.54) is 5.57 Å². The summed E-state index contributed by atoms with van der Waals surface area (Å²) < 4.78 is 0. The number of benzene rings is 1. The monoisotopic (exact) mass is 361 g/mol. The highest BCUT2D eigenvalue weighted by atomic mass is 16.3. The molecule has 4 heteroatoms. The molecular formula is C23H27N3O. The number of rotatable bonds is 3. The molecule has 1 aromatic carbocycles. The Morgan fingerprint density at radius 1 is 1.15 bits per heavy atom. The van der Waals surface area contributed by atoms with Crippen molar-refractivity contribution in [1.82, 2.24) is 10.4 Å². The van der Waals surface area contributed by atoms with E-state index in [-0.39, 0.29) is 17.6 Å². The molecule has 0 radical (unpaired) electrons. The van der Waals surface area contributed by atoms with Crippen LogP contribution < -0.4 is 5.43 Å². The number of fused-ring (bicyclic) bond motifs is 1. The Kier molecular flexibility index (Phi) is 4.60. The van der Waals surface area contributed by atoms with Gasteiger partial charge < -0.3 is 10.5 Å². The normalized spacial score (nSPS) is 25.1. The molecule has 1 aliphatic carbocycles. The fourth-order valence-electron chi connectivity index (χ4n) is 4.11. The molecule has 2 heterocycles. The molecule has 2 aromatic rings. The highest BCUT2D eigenvalue weighted by Crippen LogP contribution is 2.41. The van der Waals surface area contributed by atoms with Gasteiger partial charge in [-0.1, -0.05) is 44.2 Å². The molecule has 140 valence electrons. The molecule has 0 amide bonds. The Morgan fingerprint density at radius 2 is 1.96 bits per heavy atom.